The SMILES string of the molecule is CC[C@@H](Oc1ccc2c(c1)[C@H](c1ccccc1)N(C(C)=O)CC2)C(=O)NCc1ccccn1. The van der Waals surface area contributed by atoms with Crippen molar-refractivity contribution in [1.29, 1.82) is 0 Å². The Morgan fingerprint density at radius 3 is 2.61 bits per heavy atom. The van der Waals surface area contributed by atoms with E-state index in [1.165, 1.54) is 5.56 Å². The Balaban J connectivity index is 1.55. The minimum atomic E-state index is -0.616. The Bertz CT molecular complexity index is 1100. The maximum atomic E-state index is 12.8. The van der Waals surface area contributed by atoms with Crippen LogP contribution in [-0.4, -0.2) is 34.3 Å². The van der Waals surface area contributed by atoms with Gasteiger partial charge in [0.2, 0.25) is 5.91 Å². The van der Waals surface area contributed by atoms with Crippen molar-refractivity contribution in [2.75, 3.05) is 6.54 Å². The lowest BCUT2D eigenvalue weighted by molar-refractivity contribution is -0.131. The van der Waals surface area contributed by atoms with E-state index in [1.54, 1.807) is 13.1 Å². The second-order valence-electron chi connectivity index (χ2n) is 8.19. The summed E-state index contributed by atoms with van der Waals surface area (Å²) in [5.74, 6) is 0.493. The Hall–Kier alpha value is -3.67. The first kappa shape index (κ1) is 22.5. The molecular weight excluding hydrogens is 414 g/mol. The summed E-state index contributed by atoms with van der Waals surface area (Å²) < 4.78 is 6.12. The third-order valence-electron chi connectivity index (χ3n) is 5.98. The zero-order valence-electron chi connectivity index (χ0n) is 19.0. The van der Waals surface area contributed by atoms with Gasteiger partial charge in [-0.25, -0.2) is 0 Å². The summed E-state index contributed by atoms with van der Waals surface area (Å²) in [6.07, 6.45) is 2.41. The average molecular weight is 444 g/mol. The van der Waals surface area contributed by atoms with Crippen molar-refractivity contribution >= 4 is 11.8 Å². The summed E-state index contributed by atoms with van der Waals surface area (Å²) in [4.78, 5) is 31.3. The summed E-state index contributed by atoms with van der Waals surface area (Å²) in [7, 11) is 0. The third-order valence-corrected chi connectivity index (χ3v) is 5.98. The van der Waals surface area contributed by atoms with Gasteiger partial charge in [0.05, 0.1) is 18.3 Å². The Kier molecular flexibility index (Phi) is 7.03. The number of ether oxygens (including phenoxy) is 1. The molecule has 1 aromatic heterocycles. The molecule has 33 heavy (non-hydrogen) atoms. The minimum absolute atomic E-state index is 0.0427. The second-order valence-corrected chi connectivity index (χ2v) is 8.19. The van der Waals surface area contributed by atoms with Gasteiger partial charge in [0.15, 0.2) is 6.10 Å². The van der Waals surface area contributed by atoms with Crippen molar-refractivity contribution in [3.8, 4) is 5.75 Å². The number of pyridine rings is 1. The molecule has 1 aliphatic heterocycles. The number of hydrogen-bond acceptors (Lipinski definition) is 4. The van der Waals surface area contributed by atoms with Crippen LogP contribution in [0.4, 0.5) is 0 Å². The van der Waals surface area contributed by atoms with Crippen molar-refractivity contribution in [2.45, 2.75) is 45.4 Å². The molecule has 0 unspecified atom stereocenters. The standard InChI is InChI=1S/C27H29N3O3/c1-3-25(27(32)29-18-22-11-7-8-15-28-22)33-23-13-12-20-14-16-30(19(2)31)26(24(20)17-23)21-9-5-4-6-10-21/h4-13,15,17,25-26H,3,14,16,18H2,1-2H3,(H,29,32)/t25-,26+/m1/s1. The van der Waals surface area contributed by atoms with Gasteiger partial charge < -0.3 is 15.0 Å². The van der Waals surface area contributed by atoms with Crippen molar-refractivity contribution in [1.82, 2.24) is 15.2 Å². The van der Waals surface area contributed by atoms with E-state index in [-0.39, 0.29) is 17.9 Å². The van der Waals surface area contributed by atoms with E-state index in [9.17, 15) is 9.59 Å². The molecule has 0 saturated carbocycles. The first-order chi connectivity index (χ1) is 16.1. The number of rotatable bonds is 7. The van der Waals surface area contributed by atoms with Gasteiger partial charge in [-0.1, -0.05) is 49.4 Å². The van der Waals surface area contributed by atoms with Crippen LogP contribution < -0.4 is 10.1 Å². The number of amides is 2. The molecule has 3 aromatic rings. The normalized spacial score (nSPS) is 15.9. The molecule has 2 aromatic carbocycles. The van der Waals surface area contributed by atoms with Crippen molar-refractivity contribution < 1.29 is 14.3 Å². The first-order valence-corrected chi connectivity index (χ1v) is 11.4. The highest BCUT2D eigenvalue weighted by Crippen LogP contribution is 2.37. The van der Waals surface area contributed by atoms with Gasteiger partial charge in [-0.2, -0.15) is 0 Å². The van der Waals surface area contributed by atoms with Crippen LogP contribution in [0.2, 0.25) is 0 Å². The largest absolute Gasteiger partial charge is 0.481 e. The van der Waals surface area contributed by atoms with E-state index < -0.39 is 6.10 Å². The molecule has 0 aliphatic carbocycles. The van der Waals surface area contributed by atoms with Gasteiger partial charge in [0, 0.05) is 19.7 Å². The smallest absolute Gasteiger partial charge is 0.261 e. The predicted molar refractivity (Wildman–Crippen MR) is 127 cm³/mol. The molecule has 1 N–H and O–H groups in total. The van der Waals surface area contributed by atoms with Crippen LogP contribution in [-0.2, 0) is 22.6 Å². The fourth-order valence-corrected chi connectivity index (χ4v) is 4.28. The molecule has 6 nitrogen and oxygen atoms in total. The number of fused-ring (bicyclic) bond motifs is 1. The monoisotopic (exact) mass is 443 g/mol. The molecule has 4 rings (SSSR count). The summed E-state index contributed by atoms with van der Waals surface area (Å²) in [5, 5.41) is 2.91. The van der Waals surface area contributed by atoms with Gasteiger partial charge in [-0.15, -0.1) is 0 Å². The van der Waals surface area contributed by atoms with E-state index in [2.05, 4.69) is 16.4 Å². The van der Waals surface area contributed by atoms with Crippen LogP contribution in [0.15, 0.2) is 72.9 Å². The number of aromatic nitrogens is 1. The number of nitrogens with zero attached hydrogens (tertiary/aromatic N) is 2. The molecule has 6 heteroatoms. The fourth-order valence-electron chi connectivity index (χ4n) is 4.28. The van der Waals surface area contributed by atoms with E-state index in [1.807, 2.05) is 72.5 Å². The van der Waals surface area contributed by atoms with Gasteiger partial charge >= 0.3 is 0 Å². The molecule has 2 heterocycles. The predicted octanol–water partition coefficient (Wildman–Crippen LogP) is 4.05. The number of carbonyl (C=O) groups excluding carboxylic acids is 2. The second kappa shape index (κ2) is 10.3. The lowest BCUT2D eigenvalue weighted by Crippen LogP contribution is -2.39. The maximum Gasteiger partial charge on any atom is 0.261 e. The number of nitrogens with one attached hydrogen (secondary N) is 1. The molecule has 0 radical (unpaired) electrons. The number of benzene rings is 2. The molecular formula is C27H29N3O3. The summed E-state index contributed by atoms with van der Waals surface area (Å²) >= 11 is 0. The number of hydrogen-bond donors (Lipinski definition) is 1. The van der Waals surface area contributed by atoms with E-state index in [0.29, 0.717) is 25.3 Å². The summed E-state index contributed by atoms with van der Waals surface area (Å²) in [6, 6.07) is 21.4. The molecule has 0 spiro atoms. The van der Waals surface area contributed by atoms with E-state index in [4.69, 9.17) is 4.74 Å². The zero-order chi connectivity index (χ0) is 23.2. The molecule has 2 atom stereocenters. The van der Waals surface area contributed by atoms with Crippen molar-refractivity contribution in [2.24, 2.45) is 0 Å². The molecule has 170 valence electrons. The van der Waals surface area contributed by atoms with Crippen LogP contribution in [0.3, 0.4) is 0 Å². The Morgan fingerprint density at radius 2 is 1.91 bits per heavy atom. The van der Waals surface area contributed by atoms with Crippen molar-refractivity contribution in [3.05, 3.63) is 95.3 Å². The highest BCUT2D eigenvalue weighted by atomic mass is 16.5. The molecule has 0 bridgehead atoms. The van der Waals surface area contributed by atoms with Crippen LogP contribution in [0, 0.1) is 0 Å². The molecule has 1 aliphatic rings. The van der Waals surface area contributed by atoms with Crippen LogP contribution in [0.5, 0.6) is 5.75 Å². The lowest BCUT2D eigenvalue weighted by atomic mass is 9.88. The van der Waals surface area contributed by atoms with Crippen LogP contribution in [0.25, 0.3) is 0 Å². The fraction of sp³-hybridized carbons (Fsp3) is 0.296. The zero-order valence-corrected chi connectivity index (χ0v) is 19.0. The Labute approximate surface area is 194 Å². The average Bonchev–Trinajstić information content (AvgIpc) is 2.86. The molecule has 2 amide bonds. The highest BCUT2D eigenvalue weighted by Gasteiger charge is 2.31. The quantitative estimate of drug-likeness (QED) is 0.598. The third kappa shape index (κ3) is 5.22. The molecule has 0 fully saturated rings. The van der Waals surface area contributed by atoms with Gasteiger partial charge in [0.25, 0.3) is 5.91 Å². The summed E-state index contributed by atoms with van der Waals surface area (Å²) in [5.41, 5.74) is 4.10. The van der Waals surface area contributed by atoms with E-state index >= 15 is 0 Å². The van der Waals surface area contributed by atoms with Gasteiger partial charge in [-0.05, 0) is 53.8 Å². The maximum absolute atomic E-state index is 12.8. The van der Waals surface area contributed by atoms with Crippen LogP contribution in [0.1, 0.15) is 48.7 Å². The van der Waals surface area contributed by atoms with Crippen molar-refractivity contribution in [3.63, 3.8) is 0 Å². The van der Waals surface area contributed by atoms with E-state index in [0.717, 1.165) is 23.2 Å². The summed E-state index contributed by atoms with van der Waals surface area (Å²) in [6.45, 7) is 4.57. The Morgan fingerprint density at radius 1 is 1.12 bits per heavy atom. The first-order valence-electron chi connectivity index (χ1n) is 11.4. The topological polar surface area (TPSA) is 71.5 Å². The highest BCUT2D eigenvalue weighted by molar-refractivity contribution is 5.81. The lowest BCUT2D eigenvalue weighted by Gasteiger charge is -2.37. The van der Waals surface area contributed by atoms with Crippen LogP contribution >= 0.6 is 0 Å². The van der Waals surface area contributed by atoms with Gasteiger partial charge in [-0.3, -0.25) is 14.6 Å². The minimum Gasteiger partial charge on any atom is -0.481 e. The molecule has 0 saturated heterocycles. The number of carbonyl (C=O) groups is 2. The van der Waals surface area contributed by atoms with Gasteiger partial charge in [0.1, 0.15) is 5.75 Å².